The number of aromatic nitrogens is 1. The van der Waals surface area contributed by atoms with Crippen molar-refractivity contribution in [2.45, 2.75) is 6.92 Å². The van der Waals surface area contributed by atoms with Crippen molar-refractivity contribution in [3.05, 3.63) is 57.5 Å². The first-order valence-electron chi connectivity index (χ1n) is 6.04. The second-order valence-corrected chi connectivity index (χ2v) is 6.19. The highest BCUT2D eigenvalue weighted by Crippen LogP contribution is 2.22. The van der Waals surface area contributed by atoms with Crippen molar-refractivity contribution in [1.29, 1.82) is 0 Å². The molecule has 0 fully saturated rings. The minimum Gasteiger partial charge on any atom is -0.322 e. The minimum absolute atomic E-state index is 0.109. The van der Waals surface area contributed by atoms with Gasteiger partial charge in [0.1, 0.15) is 0 Å². The van der Waals surface area contributed by atoms with Gasteiger partial charge in [0.2, 0.25) is 0 Å². The van der Waals surface area contributed by atoms with Crippen LogP contribution in [0.3, 0.4) is 0 Å². The number of carbonyl (C=O) groups is 1. The lowest BCUT2D eigenvalue weighted by molar-refractivity contribution is 0.102. The molecule has 5 heteroatoms. The van der Waals surface area contributed by atoms with Gasteiger partial charge in [0.15, 0.2) is 0 Å². The maximum Gasteiger partial charge on any atom is 0.255 e. The molecule has 3 aromatic rings. The van der Waals surface area contributed by atoms with Crippen LogP contribution in [0.1, 0.15) is 15.9 Å². The van der Waals surface area contributed by atoms with Gasteiger partial charge in [0.05, 0.1) is 15.7 Å². The predicted molar refractivity (Wildman–Crippen MR) is 86.5 cm³/mol. The summed E-state index contributed by atoms with van der Waals surface area (Å²) < 4.78 is 2.05. The molecule has 1 heterocycles. The number of rotatable bonds is 2. The molecule has 0 aliphatic heterocycles. The Bertz CT molecular complexity index is 797. The Morgan fingerprint density at radius 2 is 2.10 bits per heavy atom. The van der Waals surface area contributed by atoms with E-state index in [9.17, 15) is 4.79 Å². The monoisotopic (exact) mass is 346 g/mol. The number of fused-ring (bicyclic) bond motifs is 1. The lowest BCUT2D eigenvalue weighted by atomic mass is 10.2. The van der Waals surface area contributed by atoms with Gasteiger partial charge in [-0.15, -0.1) is 11.3 Å². The molecule has 0 atom stereocenters. The number of halogens is 1. The number of benzene rings is 2. The number of aryl methyl sites for hydroxylation is 1. The Hall–Kier alpha value is -1.72. The Balaban J connectivity index is 1.86. The number of hydrogen-bond donors (Lipinski definition) is 1. The molecule has 1 amide bonds. The van der Waals surface area contributed by atoms with Gasteiger partial charge in [-0.2, -0.15) is 0 Å². The zero-order valence-electron chi connectivity index (χ0n) is 10.7. The van der Waals surface area contributed by atoms with E-state index >= 15 is 0 Å². The molecular weight excluding hydrogens is 336 g/mol. The third-order valence-electron chi connectivity index (χ3n) is 3.01. The summed E-state index contributed by atoms with van der Waals surface area (Å²) in [7, 11) is 0. The number of carbonyl (C=O) groups excluding carboxylic acids is 1. The molecule has 1 aromatic heterocycles. The molecule has 0 saturated carbocycles. The highest BCUT2D eigenvalue weighted by Gasteiger charge is 2.08. The fraction of sp³-hybridized carbons (Fsp3) is 0.0667. The molecule has 0 aliphatic carbocycles. The molecule has 0 unspecified atom stereocenters. The van der Waals surface area contributed by atoms with Gasteiger partial charge in [-0.25, -0.2) is 4.98 Å². The summed E-state index contributed by atoms with van der Waals surface area (Å²) in [5, 5.41) is 2.91. The second-order valence-electron chi connectivity index (χ2n) is 4.45. The van der Waals surface area contributed by atoms with E-state index in [1.54, 1.807) is 11.6 Å². The zero-order valence-corrected chi connectivity index (χ0v) is 13.1. The van der Waals surface area contributed by atoms with E-state index < -0.39 is 0 Å². The van der Waals surface area contributed by atoms with Crippen molar-refractivity contribution in [2.24, 2.45) is 0 Å². The summed E-state index contributed by atoms with van der Waals surface area (Å²) in [6.07, 6.45) is 0. The maximum atomic E-state index is 12.2. The summed E-state index contributed by atoms with van der Waals surface area (Å²) in [5.41, 5.74) is 5.22. The number of nitrogens with one attached hydrogen (secondary N) is 1. The van der Waals surface area contributed by atoms with Gasteiger partial charge in [0.25, 0.3) is 5.91 Å². The molecule has 20 heavy (non-hydrogen) atoms. The highest BCUT2D eigenvalue weighted by atomic mass is 79.9. The van der Waals surface area contributed by atoms with Gasteiger partial charge in [-0.3, -0.25) is 4.79 Å². The van der Waals surface area contributed by atoms with Gasteiger partial charge in [-0.05, 0) is 48.9 Å². The summed E-state index contributed by atoms with van der Waals surface area (Å²) in [5.74, 6) is -0.109. The zero-order chi connectivity index (χ0) is 14.1. The molecule has 100 valence electrons. The predicted octanol–water partition coefficient (Wildman–Crippen LogP) is 4.62. The molecule has 0 spiro atoms. The van der Waals surface area contributed by atoms with E-state index in [-0.39, 0.29) is 5.91 Å². The largest absolute Gasteiger partial charge is 0.322 e. The van der Waals surface area contributed by atoms with Gasteiger partial charge >= 0.3 is 0 Å². The van der Waals surface area contributed by atoms with Crippen molar-refractivity contribution in [3.8, 4) is 0 Å². The Kier molecular flexibility index (Phi) is 3.54. The molecule has 0 bridgehead atoms. The second kappa shape index (κ2) is 5.34. The number of hydrogen-bond acceptors (Lipinski definition) is 3. The van der Waals surface area contributed by atoms with Gasteiger partial charge < -0.3 is 5.32 Å². The van der Waals surface area contributed by atoms with E-state index in [4.69, 9.17) is 0 Å². The topological polar surface area (TPSA) is 42.0 Å². The third kappa shape index (κ3) is 2.59. The molecule has 0 radical (unpaired) electrons. The lowest BCUT2D eigenvalue weighted by Gasteiger charge is -2.07. The molecule has 0 aliphatic rings. The number of nitrogens with zero attached hydrogens (tertiary/aromatic N) is 1. The van der Waals surface area contributed by atoms with Crippen LogP contribution in [0.15, 0.2) is 46.4 Å². The van der Waals surface area contributed by atoms with Crippen LogP contribution < -0.4 is 5.32 Å². The maximum absolute atomic E-state index is 12.2. The van der Waals surface area contributed by atoms with Gasteiger partial charge in [0, 0.05) is 15.7 Å². The smallest absolute Gasteiger partial charge is 0.255 e. The number of anilines is 1. The van der Waals surface area contributed by atoms with Crippen LogP contribution in [0, 0.1) is 6.92 Å². The standard InChI is InChI=1S/C15H11BrN2OS/c1-9-6-11(3-4-12(9)16)18-15(19)10-2-5-13-14(7-10)20-8-17-13/h2-8H,1H3,(H,18,19). The van der Waals surface area contributed by atoms with Crippen LogP contribution in [0.4, 0.5) is 5.69 Å². The first kappa shape index (κ1) is 13.3. The Morgan fingerprint density at radius 3 is 2.90 bits per heavy atom. The van der Waals surface area contributed by atoms with E-state index in [1.807, 2.05) is 37.3 Å². The molecule has 2 aromatic carbocycles. The normalized spacial score (nSPS) is 10.7. The van der Waals surface area contributed by atoms with Crippen LogP contribution in [0.2, 0.25) is 0 Å². The van der Waals surface area contributed by atoms with Crippen molar-refractivity contribution >= 4 is 49.1 Å². The lowest BCUT2D eigenvalue weighted by Crippen LogP contribution is -2.11. The van der Waals surface area contributed by atoms with Crippen molar-refractivity contribution in [1.82, 2.24) is 4.98 Å². The van der Waals surface area contributed by atoms with Crippen molar-refractivity contribution in [2.75, 3.05) is 5.32 Å². The first-order chi connectivity index (χ1) is 9.63. The SMILES string of the molecule is Cc1cc(NC(=O)c2ccc3ncsc3c2)ccc1Br. The molecule has 1 N–H and O–H groups in total. The molecular formula is C15H11BrN2OS. The minimum atomic E-state index is -0.109. The summed E-state index contributed by atoms with van der Waals surface area (Å²) in [6.45, 7) is 1.99. The van der Waals surface area contributed by atoms with E-state index in [1.165, 1.54) is 11.3 Å². The Morgan fingerprint density at radius 1 is 1.25 bits per heavy atom. The van der Waals surface area contributed by atoms with Crippen LogP contribution in [0.25, 0.3) is 10.2 Å². The fourth-order valence-corrected chi connectivity index (χ4v) is 2.89. The van der Waals surface area contributed by atoms with Crippen molar-refractivity contribution in [3.63, 3.8) is 0 Å². The van der Waals surface area contributed by atoms with E-state index in [0.717, 1.165) is 25.9 Å². The Labute approximate surface area is 128 Å². The average molecular weight is 347 g/mol. The highest BCUT2D eigenvalue weighted by molar-refractivity contribution is 9.10. The van der Waals surface area contributed by atoms with Gasteiger partial charge in [-0.1, -0.05) is 15.9 Å². The molecule has 3 rings (SSSR count). The van der Waals surface area contributed by atoms with Crippen molar-refractivity contribution < 1.29 is 4.79 Å². The number of thiazole rings is 1. The molecule has 0 saturated heterocycles. The van der Waals surface area contributed by atoms with E-state index in [2.05, 4.69) is 26.2 Å². The van der Waals surface area contributed by atoms with E-state index in [0.29, 0.717) is 5.56 Å². The third-order valence-corrected chi connectivity index (χ3v) is 4.69. The summed E-state index contributed by atoms with van der Waals surface area (Å²) >= 11 is 4.98. The van der Waals surface area contributed by atoms with Crippen LogP contribution in [0.5, 0.6) is 0 Å². The first-order valence-corrected chi connectivity index (χ1v) is 7.71. The van der Waals surface area contributed by atoms with Crippen LogP contribution >= 0.6 is 27.3 Å². The molecule has 3 nitrogen and oxygen atoms in total. The average Bonchev–Trinajstić information content (AvgIpc) is 2.90. The fourth-order valence-electron chi connectivity index (χ4n) is 1.92. The van der Waals surface area contributed by atoms with Crippen LogP contribution in [-0.2, 0) is 0 Å². The summed E-state index contributed by atoms with van der Waals surface area (Å²) in [6, 6.07) is 11.3. The van der Waals surface area contributed by atoms with Crippen LogP contribution in [-0.4, -0.2) is 10.9 Å². The number of amides is 1. The quantitative estimate of drug-likeness (QED) is 0.735. The summed E-state index contributed by atoms with van der Waals surface area (Å²) in [4.78, 5) is 16.4.